The number of nitrogens with zero attached hydrogens (tertiary/aromatic N) is 4. The topological polar surface area (TPSA) is 78.6 Å². The highest BCUT2D eigenvalue weighted by Crippen LogP contribution is 2.32. The molecule has 4 rings (SSSR count). The molecule has 0 radical (unpaired) electrons. The molecule has 7 heteroatoms. The van der Waals surface area contributed by atoms with Gasteiger partial charge in [-0.05, 0) is 57.9 Å². The number of nitriles is 1. The van der Waals surface area contributed by atoms with Crippen molar-refractivity contribution >= 4 is 23.3 Å². The normalized spacial score (nSPS) is 21.2. The number of hydrogen-bond acceptors (Lipinski definition) is 5. The van der Waals surface area contributed by atoms with Crippen molar-refractivity contribution < 1.29 is 14.3 Å². The van der Waals surface area contributed by atoms with E-state index in [0.29, 0.717) is 30.4 Å². The van der Waals surface area contributed by atoms with E-state index >= 15 is 0 Å². The number of aldehydes is 1. The Morgan fingerprint density at radius 2 is 2.03 bits per heavy atom. The minimum absolute atomic E-state index is 0.194. The van der Waals surface area contributed by atoms with Crippen molar-refractivity contribution in [3.8, 4) is 6.07 Å². The van der Waals surface area contributed by atoms with E-state index in [4.69, 9.17) is 4.74 Å². The lowest BCUT2D eigenvalue weighted by Crippen LogP contribution is -2.50. The number of hydrogen-bond donors (Lipinski definition) is 0. The van der Waals surface area contributed by atoms with Gasteiger partial charge in [0, 0.05) is 54.7 Å². The first-order valence-electron chi connectivity index (χ1n) is 10.4. The monoisotopic (exact) mass is 408 g/mol. The van der Waals surface area contributed by atoms with Crippen LogP contribution in [0.15, 0.2) is 18.2 Å². The van der Waals surface area contributed by atoms with E-state index in [9.17, 15) is 14.9 Å². The van der Waals surface area contributed by atoms with Crippen LogP contribution in [0.2, 0.25) is 0 Å². The molecule has 2 bridgehead atoms. The molecule has 2 aromatic rings. The zero-order chi connectivity index (χ0) is 21.6. The summed E-state index contributed by atoms with van der Waals surface area (Å²) < 4.78 is 7.58. The highest BCUT2D eigenvalue weighted by Gasteiger charge is 2.46. The second-order valence-corrected chi connectivity index (χ2v) is 9.29. The number of aryl methyl sites for hydroxylation is 1. The number of ether oxygens (including phenoxy) is 1. The Balaban J connectivity index is 1.45. The van der Waals surface area contributed by atoms with Gasteiger partial charge in [-0.1, -0.05) is 0 Å². The standard InChI is InChI=1S/C23H28N4O3/c1-15-16(14-28)5-6-21-20(15)10-17(11-24)26(21)8-7-25-12-19-9-18(25)13-27(19)22(29)30-23(2,3)4/h5-6,10,14,18-19H,7-9,12-13H2,1-4H3. The summed E-state index contributed by atoms with van der Waals surface area (Å²) in [4.78, 5) is 27.9. The number of aromatic nitrogens is 1. The number of rotatable bonds is 4. The maximum Gasteiger partial charge on any atom is 0.410 e. The van der Waals surface area contributed by atoms with E-state index in [1.807, 2.05) is 55.4 Å². The first-order valence-corrected chi connectivity index (χ1v) is 10.4. The van der Waals surface area contributed by atoms with Crippen LogP contribution in [0.3, 0.4) is 0 Å². The number of likely N-dealkylation sites (tertiary alicyclic amines) is 2. The summed E-state index contributed by atoms with van der Waals surface area (Å²) in [6.45, 7) is 10.6. The molecule has 0 aliphatic carbocycles. The smallest absolute Gasteiger partial charge is 0.410 e. The van der Waals surface area contributed by atoms with Crippen LogP contribution in [0.5, 0.6) is 0 Å². The zero-order valence-corrected chi connectivity index (χ0v) is 18.0. The van der Waals surface area contributed by atoms with Crippen molar-refractivity contribution in [2.24, 2.45) is 0 Å². The molecule has 1 aromatic carbocycles. The van der Waals surface area contributed by atoms with Gasteiger partial charge in [-0.2, -0.15) is 5.26 Å². The van der Waals surface area contributed by atoms with Crippen molar-refractivity contribution in [1.29, 1.82) is 5.26 Å². The van der Waals surface area contributed by atoms with Gasteiger partial charge < -0.3 is 14.2 Å². The Morgan fingerprint density at radius 3 is 2.63 bits per heavy atom. The number of carbonyl (C=O) groups is 2. The van der Waals surface area contributed by atoms with Gasteiger partial charge in [0.05, 0.1) is 0 Å². The fourth-order valence-electron chi connectivity index (χ4n) is 4.75. The summed E-state index contributed by atoms with van der Waals surface area (Å²) in [5.74, 6) is 0. The lowest BCUT2D eigenvalue weighted by molar-refractivity contribution is 0.0128. The Bertz CT molecular complexity index is 1040. The molecule has 0 spiro atoms. The third-order valence-corrected chi connectivity index (χ3v) is 6.23. The van der Waals surface area contributed by atoms with Crippen molar-refractivity contribution in [1.82, 2.24) is 14.4 Å². The molecule has 7 nitrogen and oxygen atoms in total. The third-order valence-electron chi connectivity index (χ3n) is 6.23. The van der Waals surface area contributed by atoms with Crippen LogP contribution >= 0.6 is 0 Å². The predicted molar refractivity (Wildman–Crippen MR) is 113 cm³/mol. The van der Waals surface area contributed by atoms with E-state index < -0.39 is 5.60 Å². The Morgan fingerprint density at radius 1 is 1.27 bits per heavy atom. The molecule has 0 N–H and O–H groups in total. The van der Waals surface area contributed by atoms with Crippen LogP contribution in [-0.4, -0.2) is 64.1 Å². The molecule has 2 aliphatic heterocycles. The summed E-state index contributed by atoms with van der Waals surface area (Å²) in [5, 5.41) is 10.6. The van der Waals surface area contributed by atoms with Crippen LogP contribution in [-0.2, 0) is 11.3 Å². The van der Waals surface area contributed by atoms with E-state index in [-0.39, 0.29) is 12.1 Å². The number of fused-ring (bicyclic) bond motifs is 3. The molecular weight excluding hydrogens is 380 g/mol. The van der Waals surface area contributed by atoms with Crippen LogP contribution in [0.25, 0.3) is 10.9 Å². The fraction of sp³-hybridized carbons (Fsp3) is 0.522. The Kier molecular flexibility index (Phi) is 5.07. The molecule has 2 aliphatic rings. The van der Waals surface area contributed by atoms with Gasteiger partial charge in [-0.3, -0.25) is 9.69 Å². The van der Waals surface area contributed by atoms with Crippen LogP contribution < -0.4 is 0 Å². The fourth-order valence-corrected chi connectivity index (χ4v) is 4.75. The molecule has 3 heterocycles. The molecule has 2 atom stereocenters. The molecule has 2 saturated heterocycles. The van der Waals surface area contributed by atoms with Crippen molar-refractivity contribution in [3.05, 3.63) is 35.0 Å². The first kappa shape index (κ1) is 20.4. The number of benzene rings is 1. The minimum Gasteiger partial charge on any atom is -0.444 e. The van der Waals surface area contributed by atoms with Gasteiger partial charge in [0.15, 0.2) is 0 Å². The molecule has 2 unspecified atom stereocenters. The lowest BCUT2D eigenvalue weighted by Gasteiger charge is -2.35. The van der Waals surface area contributed by atoms with Crippen LogP contribution in [0, 0.1) is 18.3 Å². The third kappa shape index (κ3) is 3.56. The maximum atomic E-state index is 12.4. The van der Waals surface area contributed by atoms with E-state index in [2.05, 4.69) is 11.0 Å². The van der Waals surface area contributed by atoms with E-state index in [0.717, 1.165) is 42.3 Å². The van der Waals surface area contributed by atoms with Crippen LogP contribution in [0.1, 0.15) is 48.8 Å². The number of carbonyl (C=O) groups excluding carboxylic acids is 2. The summed E-state index contributed by atoms with van der Waals surface area (Å²) in [6, 6.07) is 8.43. The van der Waals surface area contributed by atoms with Gasteiger partial charge in [0.1, 0.15) is 23.7 Å². The molecule has 1 aromatic heterocycles. The second-order valence-electron chi connectivity index (χ2n) is 9.29. The van der Waals surface area contributed by atoms with E-state index in [1.54, 1.807) is 0 Å². The second kappa shape index (κ2) is 7.44. The molecule has 158 valence electrons. The number of amides is 1. The molecule has 30 heavy (non-hydrogen) atoms. The van der Waals surface area contributed by atoms with Gasteiger partial charge >= 0.3 is 6.09 Å². The van der Waals surface area contributed by atoms with Crippen molar-refractivity contribution in [2.45, 2.75) is 58.3 Å². The Hall–Kier alpha value is -2.85. The Labute approximate surface area is 176 Å². The SMILES string of the molecule is Cc1c(C=O)ccc2c1cc(C#N)n2CCN1CC2CC1CN2C(=O)OC(C)(C)C. The van der Waals surface area contributed by atoms with Gasteiger partial charge in [-0.15, -0.1) is 0 Å². The van der Waals surface area contributed by atoms with Gasteiger partial charge in [0.25, 0.3) is 0 Å². The van der Waals surface area contributed by atoms with E-state index in [1.165, 1.54) is 0 Å². The molecule has 0 saturated carbocycles. The molecular formula is C23H28N4O3. The molecule has 1 amide bonds. The summed E-state index contributed by atoms with van der Waals surface area (Å²) in [7, 11) is 0. The maximum absolute atomic E-state index is 12.4. The number of piperazine rings is 1. The first-order chi connectivity index (χ1) is 14.2. The average molecular weight is 409 g/mol. The largest absolute Gasteiger partial charge is 0.444 e. The average Bonchev–Trinajstić information content (AvgIpc) is 3.37. The highest BCUT2D eigenvalue weighted by molar-refractivity contribution is 5.92. The van der Waals surface area contributed by atoms with Crippen LogP contribution in [0.4, 0.5) is 4.79 Å². The molecule has 2 fully saturated rings. The predicted octanol–water partition coefficient (Wildman–Crippen LogP) is 3.33. The highest BCUT2D eigenvalue weighted by atomic mass is 16.6. The zero-order valence-electron chi connectivity index (χ0n) is 18.0. The lowest BCUT2D eigenvalue weighted by atomic mass is 10.1. The summed E-state index contributed by atoms with van der Waals surface area (Å²) in [6.07, 6.45) is 1.60. The summed E-state index contributed by atoms with van der Waals surface area (Å²) in [5.41, 5.74) is 2.67. The quantitative estimate of drug-likeness (QED) is 0.725. The minimum atomic E-state index is -0.483. The summed E-state index contributed by atoms with van der Waals surface area (Å²) >= 11 is 0. The van der Waals surface area contributed by atoms with Crippen molar-refractivity contribution in [3.63, 3.8) is 0 Å². The van der Waals surface area contributed by atoms with Gasteiger partial charge in [0.2, 0.25) is 0 Å². The van der Waals surface area contributed by atoms with Crippen molar-refractivity contribution in [2.75, 3.05) is 19.6 Å². The van der Waals surface area contributed by atoms with Gasteiger partial charge in [-0.25, -0.2) is 4.79 Å².